The Kier molecular flexibility index (Phi) is 4.75. The van der Waals surface area contributed by atoms with Crippen LogP contribution in [-0.2, 0) is 0 Å². The SMILES string of the molecule is COc1cccc(N=Cc2cc(C)n(-c3cc(C)cc(C)c3)c2C)c1. The molecule has 0 amide bonds. The first-order valence-corrected chi connectivity index (χ1v) is 8.43. The third kappa shape index (κ3) is 3.66. The van der Waals surface area contributed by atoms with Gasteiger partial charge in [-0.2, -0.15) is 0 Å². The van der Waals surface area contributed by atoms with Gasteiger partial charge >= 0.3 is 0 Å². The Hall–Kier alpha value is -2.81. The highest BCUT2D eigenvalue weighted by atomic mass is 16.5. The second kappa shape index (κ2) is 6.98. The lowest BCUT2D eigenvalue weighted by Crippen LogP contribution is -2.00. The quantitative estimate of drug-likeness (QED) is 0.582. The molecular weight excluding hydrogens is 308 g/mol. The molecule has 0 bridgehead atoms. The number of nitrogens with zero attached hydrogens (tertiary/aromatic N) is 2. The van der Waals surface area contributed by atoms with Gasteiger partial charge < -0.3 is 9.30 Å². The summed E-state index contributed by atoms with van der Waals surface area (Å²) >= 11 is 0. The fourth-order valence-electron chi connectivity index (χ4n) is 3.23. The van der Waals surface area contributed by atoms with E-state index in [1.807, 2.05) is 30.5 Å². The van der Waals surface area contributed by atoms with E-state index in [1.54, 1.807) is 7.11 Å². The van der Waals surface area contributed by atoms with Gasteiger partial charge in [0.25, 0.3) is 0 Å². The smallest absolute Gasteiger partial charge is 0.121 e. The second-order valence-corrected chi connectivity index (χ2v) is 6.47. The molecule has 0 aliphatic rings. The van der Waals surface area contributed by atoms with Crippen molar-refractivity contribution in [1.82, 2.24) is 4.57 Å². The molecule has 3 rings (SSSR count). The fraction of sp³-hybridized carbons (Fsp3) is 0.227. The van der Waals surface area contributed by atoms with E-state index in [4.69, 9.17) is 4.74 Å². The average molecular weight is 332 g/mol. The first-order chi connectivity index (χ1) is 12.0. The minimum Gasteiger partial charge on any atom is -0.497 e. The van der Waals surface area contributed by atoms with E-state index in [2.05, 4.69) is 61.5 Å². The van der Waals surface area contributed by atoms with Gasteiger partial charge in [-0.3, -0.25) is 4.99 Å². The van der Waals surface area contributed by atoms with Crippen LogP contribution in [0.3, 0.4) is 0 Å². The van der Waals surface area contributed by atoms with Crippen LogP contribution < -0.4 is 4.74 Å². The Labute approximate surface area is 149 Å². The fourth-order valence-corrected chi connectivity index (χ4v) is 3.23. The van der Waals surface area contributed by atoms with Crippen LogP contribution in [-0.4, -0.2) is 17.9 Å². The zero-order valence-corrected chi connectivity index (χ0v) is 15.5. The van der Waals surface area contributed by atoms with Crippen LogP contribution in [0.4, 0.5) is 5.69 Å². The Morgan fingerprint density at radius 3 is 2.32 bits per heavy atom. The van der Waals surface area contributed by atoms with E-state index < -0.39 is 0 Å². The molecule has 3 aromatic rings. The molecule has 0 spiro atoms. The molecular formula is C22H24N2O. The second-order valence-electron chi connectivity index (χ2n) is 6.47. The van der Waals surface area contributed by atoms with Gasteiger partial charge in [0.05, 0.1) is 12.8 Å². The van der Waals surface area contributed by atoms with Crippen molar-refractivity contribution in [2.24, 2.45) is 4.99 Å². The van der Waals surface area contributed by atoms with E-state index in [-0.39, 0.29) is 0 Å². The zero-order chi connectivity index (χ0) is 18.0. The van der Waals surface area contributed by atoms with Crippen molar-refractivity contribution in [3.63, 3.8) is 0 Å². The number of aromatic nitrogens is 1. The maximum Gasteiger partial charge on any atom is 0.121 e. The molecule has 1 aromatic heterocycles. The molecule has 0 aliphatic heterocycles. The van der Waals surface area contributed by atoms with E-state index in [0.717, 1.165) is 17.0 Å². The summed E-state index contributed by atoms with van der Waals surface area (Å²) in [5, 5.41) is 0. The molecule has 0 saturated heterocycles. The van der Waals surface area contributed by atoms with Crippen LogP contribution >= 0.6 is 0 Å². The molecule has 0 aliphatic carbocycles. The Morgan fingerprint density at radius 2 is 1.64 bits per heavy atom. The van der Waals surface area contributed by atoms with Crippen molar-refractivity contribution in [3.05, 3.63) is 76.6 Å². The number of ether oxygens (including phenoxy) is 1. The number of methoxy groups -OCH3 is 1. The van der Waals surface area contributed by atoms with Crippen molar-refractivity contribution in [2.45, 2.75) is 27.7 Å². The zero-order valence-electron chi connectivity index (χ0n) is 15.5. The van der Waals surface area contributed by atoms with Crippen molar-refractivity contribution in [2.75, 3.05) is 7.11 Å². The van der Waals surface area contributed by atoms with Gasteiger partial charge in [-0.15, -0.1) is 0 Å². The molecule has 128 valence electrons. The average Bonchev–Trinajstić information content (AvgIpc) is 2.86. The van der Waals surface area contributed by atoms with Gasteiger partial charge in [0.15, 0.2) is 0 Å². The van der Waals surface area contributed by atoms with Crippen molar-refractivity contribution >= 4 is 11.9 Å². The van der Waals surface area contributed by atoms with Gasteiger partial charge in [-0.25, -0.2) is 0 Å². The normalized spacial score (nSPS) is 11.2. The summed E-state index contributed by atoms with van der Waals surface area (Å²) in [6.45, 7) is 8.54. The van der Waals surface area contributed by atoms with Crippen molar-refractivity contribution in [3.8, 4) is 11.4 Å². The summed E-state index contributed by atoms with van der Waals surface area (Å²) in [4.78, 5) is 4.61. The standard InChI is InChI=1S/C22H24N2O/c1-15-9-16(2)11-21(10-15)24-17(3)12-19(18(24)4)14-23-20-7-6-8-22(13-20)25-5/h6-14H,1-5H3. The molecule has 25 heavy (non-hydrogen) atoms. The molecule has 1 heterocycles. The van der Waals surface area contributed by atoms with Crippen LogP contribution in [0.2, 0.25) is 0 Å². The first kappa shape index (κ1) is 17.0. The van der Waals surface area contributed by atoms with Crippen LogP contribution in [0, 0.1) is 27.7 Å². The summed E-state index contributed by atoms with van der Waals surface area (Å²) in [6.07, 6.45) is 1.93. The van der Waals surface area contributed by atoms with E-state index >= 15 is 0 Å². The molecule has 0 saturated carbocycles. The van der Waals surface area contributed by atoms with Gasteiger partial charge in [-0.1, -0.05) is 12.1 Å². The summed E-state index contributed by atoms with van der Waals surface area (Å²) in [5.74, 6) is 0.815. The number of hydrogen-bond donors (Lipinski definition) is 0. The van der Waals surface area contributed by atoms with E-state index in [9.17, 15) is 0 Å². The summed E-state index contributed by atoms with van der Waals surface area (Å²) in [5.41, 5.74) is 8.15. The highest BCUT2D eigenvalue weighted by Gasteiger charge is 2.10. The van der Waals surface area contributed by atoms with Crippen LogP contribution in [0.1, 0.15) is 28.1 Å². The summed E-state index contributed by atoms with van der Waals surface area (Å²) in [6, 6.07) is 16.6. The highest BCUT2D eigenvalue weighted by Crippen LogP contribution is 2.23. The predicted octanol–water partition coefficient (Wildman–Crippen LogP) is 5.47. The topological polar surface area (TPSA) is 26.5 Å². The third-order valence-electron chi connectivity index (χ3n) is 4.34. The molecule has 0 N–H and O–H groups in total. The number of rotatable bonds is 4. The predicted molar refractivity (Wildman–Crippen MR) is 105 cm³/mol. The van der Waals surface area contributed by atoms with Crippen LogP contribution in [0.5, 0.6) is 5.75 Å². The highest BCUT2D eigenvalue weighted by molar-refractivity contribution is 5.84. The third-order valence-corrected chi connectivity index (χ3v) is 4.34. The van der Waals surface area contributed by atoms with Crippen LogP contribution in [0.25, 0.3) is 5.69 Å². The minimum absolute atomic E-state index is 0.815. The molecule has 2 aromatic carbocycles. The van der Waals surface area contributed by atoms with Crippen molar-refractivity contribution in [1.29, 1.82) is 0 Å². The van der Waals surface area contributed by atoms with Crippen LogP contribution in [0.15, 0.2) is 53.5 Å². The Balaban J connectivity index is 1.98. The first-order valence-electron chi connectivity index (χ1n) is 8.43. The monoisotopic (exact) mass is 332 g/mol. The Morgan fingerprint density at radius 1 is 0.920 bits per heavy atom. The van der Waals surface area contributed by atoms with Gasteiger partial charge in [0.2, 0.25) is 0 Å². The van der Waals surface area contributed by atoms with Gasteiger partial charge in [0.1, 0.15) is 5.75 Å². The van der Waals surface area contributed by atoms with Gasteiger partial charge in [0, 0.05) is 34.9 Å². The summed E-state index contributed by atoms with van der Waals surface area (Å²) < 4.78 is 7.54. The Bertz CT molecular complexity index is 915. The largest absolute Gasteiger partial charge is 0.497 e. The lowest BCUT2D eigenvalue weighted by Gasteiger charge is -2.11. The summed E-state index contributed by atoms with van der Waals surface area (Å²) in [7, 11) is 1.67. The van der Waals surface area contributed by atoms with Gasteiger partial charge in [-0.05, 0) is 69.2 Å². The number of hydrogen-bond acceptors (Lipinski definition) is 2. The van der Waals surface area contributed by atoms with E-state index in [0.29, 0.717) is 0 Å². The number of aliphatic imine (C=N–C) groups is 1. The number of benzene rings is 2. The van der Waals surface area contributed by atoms with E-state index in [1.165, 1.54) is 28.2 Å². The minimum atomic E-state index is 0.815. The molecule has 0 atom stereocenters. The molecule has 0 radical (unpaired) electrons. The molecule has 3 nitrogen and oxygen atoms in total. The van der Waals surface area contributed by atoms with Crippen molar-refractivity contribution < 1.29 is 4.74 Å². The molecule has 3 heteroatoms. The lowest BCUT2D eigenvalue weighted by atomic mass is 10.1. The molecule has 0 fully saturated rings. The number of aryl methyl sites for hydroxylation is 3. The maximum absolute atomic E-state index is 5.26. The molecule has 0 unspecified atom stereocenters. The maximum atomic E-state index is 5.26. The lowest BCUT2D eigenvalue weighted by molar-refractivity contribution is 0.415.